The van der Waals surface area contributed by atoms with Gasteiger partial charge in [-0.05, 0) is 30.7 Å². The van der Waals surface area contributed by atoms with Gasteiger partial charge in [0, 0.05) is 12.8 Å². The zero-order chi connectivity index (χ0) is 18.5. The standard InChI is InChI=1S/C18H16N4O2S2/c1-11-7-12(9-24-2)13(8-19)17(20-11)25-10-16(23)22-18-21-14-5-3-4-6-15(14)26-18/h3-7H,9-10H2,1-2H3,(H,21,22,23). The monoisotopic (exact) mass is 384 g/mol. The molecular weight excluding hydrogens is 368 g/mol. The summed E-state index contributed by atoms with van der Waals surface area (Å²) in [4.78, 5) is 21.0. The number of para-hydroxylation sites is 1. The van der Waals surface area contributed by atoms with Gasteiger partial charge in [-0.15, -0.1) is 0 Å². The van der Waals surface area contributed by atoms with Gasteiger partial charge in [0.2, 0.25) is 5.91 Å². The molecule has 0 fully saturated rings. The fourth-order valence-electron chi connectivity index (χ4n) is 2.42. The number of ether oxygens (including phenoxy) is 1. The highest BCUT2D eigenvalue weighted by Crippen LogP contribution is 2.27. The normalized spacial score (nSPS) is 10.7. The summed E-state index contributed by atoms with van der Waals surface area (Å²) in [6, 6.07) is 11.7. The lowest BCUT2D eigenvalue weighted by molar-refractivity contribution is -0.113. The number of aryl methyl sites for hydroxylation is 1. The van der Waals surface area contributed by atoms with E-state index in [2.05, 4.69) is 21.4 Å². The van der Waals surface area contributed by atoms with Crippen molar-refractivity contribution in [3.05, 3.63) is 47.2 Å². The van der Waals surface area contributed by atoms with Crippen molar-refractivity contribution >= 4 is 44.4 Å². The Morgan fingerprint density at radius 1 is 1.38 bits per heavy atom. The van der Waals surface area contributed by atoms with Crippen LogP contribution < -0.4 is 5.32 Å². The number of nitrogens with zero attached hydrogens (tertiary/aromatic N) is 3. The molecule has 0 unspecified atom stereocenters. The maximum absolute atomic E-state index is 12.3. The van der Waals surface area contributed by atoms with Crippen LogP contribution in [0.25, 0.3) is 10.2 Å². The van der Waals surface area contributed by atoms with Crippen molar-refractivity contribution in [2.75, 3.05) is 18.2 Å². The second-order valence-electron chi connectivity index (χ2n) is 5.47. The maximum Gasteiger partial charge on any atom is 0.236 e. The Morgan fingerprint density at radius 2 is 2.19 bits per heavy atom. The van der Waals surface area contributed by atoms with Crippen LogP contribution >= 0.6 is 23.1 Å². The van der Waals surface area contributed by atoms with Crippen LogP contribution in [0.4, 0.5) is 5.13 Å². The summed E-state index contributed by atoms with van der Waals surface area (Å²) in [6.07, 6.45) is 0. The minimum Gasteiger partial charge on any atom is -0.380 e. The van der Waals surface area contributed by atoms with E-state index in [1.54, 1.807) is 7.11 Å². The Bertz CT molecular complexity index is 962. The zero-order valence-electron chi connectivity index (χ0n) is 14.3. The van der Waals surface area contributed by atoms with Crippen LogP contribution in [-0.4, -0.2) is 28.7 Å². The molecule has 2 heterocycles. The SMILES string of the molecule is COCc1cc(C)nc(SCC(=O)Nc2nc3ccccc3s2)c1C#N. The number of methoxy groups -OCH3 is 1. The molecule has 3 rings (SSSR count). The number of carbonyl (C=O) groups excluding carboxylic acids is 1. The van der Waals surface area contributed by atoms with E-state index in [0.29, 0.717) is 22.3 Å². The van der Waals surface area contributed by atoms with Crippen LogP contribution in [0.3, 0.4) is 0 Å². The molecule has 6 nitrogen and oxygen atoms in total. The number of nitrogens with one attached hydrogen (secondary N) is 1. The molecule has 0 atom stereocenters. The molecular formula is C18H16N4O2S2. The Hall–Kier alpha value is -2.47. The van der Waals surface area contributed by atoms with Gasteiger partial charge < -0.3 is 10.1 Å². The summed E-state index contributed by atoms with van der Waals surface area (Å²) in [7, 11) is 1.58. The van der Waals surface area contributed by atoms with Crippen LogP contribution in [0.15, 0.2) is 35.4 Å². The zero-order valence-corrected chi connectivity index (χ0v) is 15.9. The lowest BCUT2D eigenvalue weighted by Gasteiger charge is -2.09. The number of aromatic nitrogens is 2. The number of nitriles is 1. The van der Waals surface area contributed by atoms with E-state index in [1.165, 1.54) is 23.1 Å². The van der Waals surface area contributed by atoms with E-state index in [1.807, 2.05) is 37.3 Å². The van der Waals surface area contributed by atoms with Crippen LogP contribution in [-0.2, 0) is 16.1 Å². The number of amides is 1. The third-order valence-electron chi connectivity index (χ3n) is 3.49. The quantitative estimate of drug-likeness (QED) is 0.651. The minimum atomic E-state index is -0.186. The maximum atomic E-state index is 12.3. The third-order valence-corrected chi connectivity index (χ3v) is 5.42. The number of benzene rings is 1. The summed E-state index contributed by atoms with van der Waals surface area (Å²) in [6.45, 7) is 2.18. The van der Waals surface area contributed by atoms with E-state index in [4.69, 9.17) is 4.74 Å². The number of hydrogen-bond donors (Lipinski definition) is 1. The third kappa shape index (κ3) is 4.19. The number of fused-ring (bicyclic) bond motifs is 1. The summed E-state index contributed by atoms with van der Waals surface area (Å²) < 4.78 is 6.16. The summed E-state index contributed by atoms with van der Waals surface area (Å²) in [5.41, 5.74) is 2.87. The molecule has 132 valence electrons. The number of anilines is 1. The van der Waals surface area contributed by atoms with Crippen molar-refractivity contribution in [2.45, 2.75) is 18.6 Å². The Labute approximate surface area is 159 Å². The van der Waals surface area contributed by atoms with Crippen molar-refractivity contribution in [2.24, 2.45) is 0 Å². The predicted molar refractivity (Wildman–Crippen MR) is 103 cm³/mol. The van der Waals surface area contributed by atoms with Crippen molar-refractivity contribution in [1.29, 1.82) is 5.26 Å². The molecule has 1 N–H and O–H groups in total. The fraction of sp³-hybridized carbons (Fsp3) is 0.222. The molecule has 3 aromatic rings. The molecule has 1 amide bonds. The Balaban J connectivity index is 1.70. The Morgan fingerprint density at radius 3 is 2.92 bits per heavy atom. The average molecular weight is 384 g/mol. The number of thioether (sulfide) groups is 1. The highest BCUT2D eigenvalue weighted by atomic mass is 32.2. The van der Waals surface area contributed by atoms with Gasteiger partial charge in [0.05, 0.1) is 28.1 Å². The molecule has 8 heteroatoms. The summed E-state index contributed by atoms with van der Waals surface area (Å²) >= 11 is 2.67. The number of rotatable bonds is 6. The van der Waals surface area contributed by atoms with Crippen molar-refractivity contribution in [3.8, 4) is 6.07 Å². The molecule has 0 aliphatic heterocycles. The first-order valence-corrected chi connectivity index (χ1v) is 9.58. The lowest BCUT2D eigenvalue weighted by atomic mass is 10.1. The predicted octanol–water partition coefficient (Wildman–Crippen LogP) is 3.75. The van der Waals surface area contributed by atoms with Gasteiger partial charge in [-0.2, -0.15) is 5.26 Å². The van der Waals surface area contributed by atoms with Gasteiger partial charge in [0.15, 0.2) is 5.13 Å². The molecule has 26 heavy (non-hydrogen) atoms. The number of thiazole rings is 1. The van der Waals surface area contributed by atoms with Crippen LogP contribution in [0.1, 0.15) is 16.8 Å². The van der Waals surface area contributed by atoms with E-state index in [9.17, 15) is 10.1 Å². The van der Waals surface area contributed by atoms with Crippen molar-refractivity contribution in [3.63, 3.8) is 0 Å². The average Bonchev–Trinajstić information content (AvgIpc) is 3.02. The highest BCUT2D eigenvalue weighted by molar-refractivity contribution is 8.00. The molecule has 0 saturated heterocycles. The second kappa shape index (κ2) is 8.27. The largest absolute Gasteiger partial charge is 0.380 e. The lowest BCUT2D eigenvalue weighted by Crippen LogP contribution is -2.14. The van der Waals surface area contributed by atoms with Crippen LogP contribution in [0, 0.1) is 18.3 Å². The molecule has 0 radical (unpaired) electrons. The number of carbonyl (C=O) groups is 1. The molecule has 0 saturated carbocycles. The first-order chi connectivity index (χ1) is 12.6. The van der Waals surface area contributed by atoms with Gasteiger partial charge >= 0.3 is 0 Å². The van der Waals surface area contributed by atoms with Gasteiger partial charge in [-0.3, -0.25) is 4.79 Å². The van der Waals surface area contributed by atoms with Crippen molar-refractivity contribution in [1.82, 2.24) is 9.97 Å². The first kappa shape index (κ1) is 18.3. The van der Waals surface area contributed by atoms with Crippen molar-refractivity contribution < 1.29 is 9.53 Å². The fourth-order valence-corrected chi connectivity index (χ4v) is 4.17. The van der Waals surface area contributed by atoms with E-state index < -0.39 is 0 Å². The van der Waals surface area contributed by atoms with E-state index >= 15 is 0 Å². The topological polar surface area (TPSA) is 87.9 Å². The van der Waals surface area contributed by atoms with E-state index in [0.717, 1.165) is 21.5 Å². The molecule has 2 aromatic heterocycles. The smallest absolute Gasteiger partial charge is 0.236 e. The number of hydrogen-bond acceptors (Lipinski definition) is 7. The van der Waals surface area contributed by atoms with Gasteiger partial charge in [-0.1, -0.05) is 35.2 Å². The van der Waals surface area contributed by atoms with Crippen LogP contribution in [0.2, 0.25) is 0 Å². The second-order valence-corrected chi connectivity index (χ2v) is 7.47. The first-order valence-electron chi connectivity index (χ1n) is 7.78. The van der Waals surface area contributed by atoms with Gasteiger partial charge in [-0.25, -0.2) is 9.97 Å². The number of pyridine rings is 1. The highest BCUT2D eigenvalue weighted by Gasteiger charge is 2.14. The van der Waals surface area contributed by atoms with E-state index in [-0.39, 0.29) is 11.7 Å². The molecule has 0 spiro atoms. The summed E-state index contributed by atoms with van der Waals surface area (Å²) in [5, 5.41) is 13.3. The Kier molecular flexibility index (Phi) is 5.83. The van der Waals surface area contributed by atoms with Gasteiger partial charge in [0.25, 0.3) is 0 Å². The summed E-state index contributed by atoms with van der Waals surface area (Å²) in [5.74, 6) is -0.0393. The van der Waals surface area contributed by atoms with Gasteiger partial charge in [0.1, 0.15) is 11.1 Å². The molecule has 0 aliphatic carbocycles. The minimum absolute atomic E-state index is 0.146. The molecule has 1 aromatic carbocycles. The molecule has 0 aliphatic rings. The molecule has 0 bridgehead atoms. The van der Waals surface area contributed by atoms with Crippen LogP contribution in [0.5, 0.6) is 0 Å².